The number of amidine groups is 1. The zero-order valence-corrected chi connectivity index (χ0v) is 14.5. The molecule has 0 bridgehead atoms. The van der Waals surface area contributed by atoms with E-state index in [0.717, 1.165) is 16.0 Å². The van der Waals surface area contributed by atoms with Crippen LogP contribution in [0.5, 0.6) is 0 Å². The predicted octanol–water partition coefficient (Wildman–Crippen LogP) is 4.30. The average molecular weight is 334 g/mol. The molecule has 0 saturated heterocycles. The summed E-state index contributed by atoms with van der Waals surface area (Å²) in [5, 5.41) is 0. The third-order valence-electron chi connectivity index (χ3n) is 3.74. The van der Waals surface area contributed by atoms with Gasteiger partial charge in [0.2, 0.25) is 0 Å². The van der Waals surface area contributed by atoms with Crippen LogP contribution >= 0.6 is 11.8 Å². The van der Waals surface area contributed by atoms with Crippen LogP contribution < -0.4 is 0 Å². The van der Waals surface area contributed by atoms with Gasteiger partial charge in [0.05, 0.1) is 0 Å². The van der Waals surface area contributed by atoms with Gasteiger partial charge in [-0.05, 0) is 29.5 Å². The number of likely N-dealkylation sites (N-methyl/N-ethyl adjacent to an activating group) is 1. The summed E-state index contributed by atoms with van der Waals surface area (Å²) in [5.74, 6) is 0.578. The summed E-state index contributed by atoms with van der Waals surface area (Å²) >= 11 is 1.64. The Hall–Kier alpha value is -2.59. The predicted molar refractivity (Wildman–Crippen MR) is 103 cm³/mol. The van der Waals surface area contributed by atoms with Gasteiger partial charge in [0.15, 0.2) is 0 Å². The fourth-order valence-corrected chi connectivity index (χ4v) is 3.03. The lowest BCUT2D eigenvalue weighted by molar-refractivity contribution is -0.121. The standard InChI is InChI=1S/C20H18N2OS/c1-22-19(14-18(24-2)16-11-7-4-8-12-16)21-17(20(22)23)13-15-9-5-3-6-10-15/h3-14H,1-2H3/b17-13-,18-14-. The molecule has 0 unspecified atom stereocenters. The maximum Gasteiger partial charge on any atom is 0.277 e. The highest BCUT2D eigenvalue weighted by atomic mass is 32.2. The van der Waals surface area contributed by atoms with Crippen LogP contribution in [0.2, 0.25) is 0 Å². The summed E-state index contributed by atoms with van der Waals surface area (Å²) in [7, 11) is 1.76. The Labute approximate surface area is 146 Å². The number of nitrogens with zero attached hydrogens (tertiary/aromatic N) is 2. The first-order valence-electron chi connectivity index (χ1n) is 7.63. The van der Waals surface area contributed by atoms with E-state index in [9.17, 15) is 4.79 Å². The van der Waals surface area contributed by atoms with Crippen molar-refractivity contribution in [3.05, 3.63) is 83.6 Å². The van der Waals surface area contributed by atoms with Gasteiger partial charge in [-0.1, -0.05) is 60.7 Å². The number of hydrogen-bond acceptors (Lipinski definition) is 3. The molecular weight excluding hydrogens is 316 g/mol. The SMILES string of the molecule is CS/C(=C\C1=NC(=C\c2ccccc2)/C(=O)N1C)c1ccccc1. The van der Waals surface area contributed by atoms with E-state index in [1.165, 1.54) is 0 Å². The molecule has 3 rings (SSSR count). The Morgan fingerprint density at radius 2 is 1.67 bits per heavy atom. The molecule has 2 aromatic rings. The maximum atomic E-state index is 12.4. The van der Waals surface area contributed by atoms with Crippen LogP contribution in [0.25, 0.3) is 11.0 Å². The van der Waals surface area contributed by atoms with Crippen molar-refractivity contribution in [2.45, 2.75) is 0 Å². The molecule has 1 aliphatic heterocycles. The van der Waals surface area contributed by atoms with E-state index < -0.39 is 0 Å². The fraction of sp³-hybridized carbons (Fsp3) is 0.100. The Balaban J connectivity index is 1.95. The van der Waals surface area contributed by atoms with E-state index in [0.29, 0.717) is 11.5 Å². The molecule has 1 amide bonds. The molecule has 3 nitrogen and oxygen atoms in total. The van der Waals surface area contributed by atoms with E-state index in [2.05, 4.69) is 17.1 Å². The van der Waals surface area contributed by atoms with Gasteiger partial charge >= 0.3 is 0 Å². The third-order valence-corrected chi connectivity index (χ3v) is 4.54. The average Bonchev–Trinajstić information content (AvgIpc) is 2.89. The van der Waals surface area contributed by atoms with Crippen LogP contribution in [0.3, 0.4) is 0 Å². The first-order chi connectivity index (χ1) is 11.7. The van der Waals surface area contributed by atoms with Crippen molar-refractivity contribution in [2.24, 2.45) is 4.99 Å². The minimum atomic E-state index is -0.0846. The number of rotatable bonds is 4. The van der Waals surface area contributed by atoms with Crippen molar-refractivity contribution in [3.63, 3.8) is 0 Å². The molecule has 1 aliphatic rings. The van der Waals surface area contributed by atoms with Crippen LogP contribution in [-0.4, -0.2) is 29.9 Å². The molecule has 4 heteroatoms. The van der Waals surface area contributed by atoms with E-state index in [1.807, 2.05) is 66.9 Å². The molecule has 0 N–H and O–H groups in total. The molecule has 2 aromatic carbocycles. The summed E-state index contributed by atoms with van der Waals surface area (Å²) in [6, 6.07) is 19.9. The number of aliphatic imine (C=N–C) groups is 1. The fourth-order valence-electron chi connectivity index (χ4n) is 2.43. The second kappa shape index (κ2) is 7.32. The van der Waals surface area contributed by atoms with Gasteiger partial charge < -0.3 is 0 Å². The Morgan fingerprint density at radius 3 is 2.29 bits per heavy atom. The zero-order valence-electron chi connectivity index (χ0n) is 13.6. The number of amides is 1. The molecule has 1 heterocycles. The zero-order chi connectivity index (χ0) is 16.9. The molecule has 0 atom stereocenters. The molecule has 0 aromatic heterocycles. The van der Waals surface area contributed by atoms with Gasteiger partial charge in [-0.2, -0.15) is 0 Å². The molecule has 0 radical (unpaired) electrons. The molecule has 0 aliphatic carbocycles. The number of thioether (sulfide) groups is 1. The smallest absolute Gasteiger partial charge is 0.277 e. The third kappa shape index (κ3) is 3.49. The normalized spacial score (nSPS) is 16.7. The number of carbonyl (C=O) groups excluding carboxylic acids is 1. The van der Waals surface area contributed by atoms with Gasteiger partial charge in [0.25, 0.3) is 5.91 Å². The molecular formula is C20H18N2OS. The Morgan fingerprint density at radius 1 is 1.04 bits per heavy atom. The van der Waals surface area contributed by atoms with Crippen molar-refractivity contribution in [1.29, 1.82) is 0 Å². The number of carbonyl (C=O) groups is 1. The minimum absolute atomic E-state index is 0.0846. The second-order valence-corrected chi connectivity index (χ2v) is 6.20. The molecule has 24 heavy (non-hydrogen) atoms. The van der Waals surface area contributed by atoms with Gasteiger partial charge in [-0.25, -0.2) is 4.99 Å². The van der Waals surface area contributed by atoms with Crippen molar-refractivity contribution >= 4 is 34.5 Å². The lowest BCUT2D eigenvalue weighted by Crippen LogP contribution is -2.26. The van der Waals surface area contributed by atoms with Crippen molar-refractivity contribution in [1.82, 2.24) is 4.90 Å². The molecule has 0 spiro atoms. The summed E-state index contributed by atoms with van der Waals surface area (Å²) in [6.45, 7) is 0. The highest BCUT2D eigenvalue weighted by Gasteiger charge is 2.25. The van der Waals surface area contributed by atoms with Gasteiger partial charge in [0.1, 0.15) is 11.5 Å². The Bertz CT molecular complexity index is 823. The summed E-state index contributed by atoms with van der Waals surface area (Å²) in [5.41, 5.74) is 2.55. The highest BCUT2D eigenvalue weighted by molar-refractivity contribution is 8.07. The Kier molecular flexibility index (Phi) is 4.96. The minimum Gasteiger partial charge on any atom is -0.294 e. The monoisotopic (exact) mass is 334 g/mol. The van der Waals surface area contributed by atoms with Crippen molar-refractivity contribution in [2.75, 3.05) is 13.3 Å². The van der Waals surface area contributed by atoms with Crippen LogP contribution in [-0.2, 0) is 4.79 Å². The van der Waals surface area contributed by atoms with Gasteiger partial charge in [-0.3, -0.25) is 9.69 Å². The number of benzene rings is 2. The quantitative estimate of drug-likeness (QED) is 0.781. The van der Waals surface area contributed by atoms with Crippen molar-refractivity contribution < 1.29 is 4.79 Å². The van der Waals surface area contributed by atoms with Crippen molar-refractivity contribution in [3.8, 4) is 0 Å². The molecule has 0 fully saturated rings. The maximum absolute atomic E-state index is 12.4. The van der Waals surface area contributed by atoms with E-state index in [-0.39, 0.29) is 5.91 Å². The van der Waals surface area contributed by atoms with E-state index in [1.54, 1.807) is 23.7 Å². The number of hydrogen-bond donors (Lipinski definition) is 0. The van der Waals surface area contributed by atoms with Crippen LogP contribution in [0, 0.1) is 0 Å². The van der Waals surface area contributed by atoms with Gasteiger partial charge in [-0.15, -0.1) is 11.8 Å². The largest absolute Gasteiger partial charge is 0.294 e. The highest BCUT2D eigenvalue weighted by Crippen LogP contribution is 2.27. The van der Waals surface area contributed by atoms with Crippen LogP contribution in [0.4, 0.5) is 0 Å². The lowest BCUT2D eigenvalue weighted by Gasteiger charge is -2.10. The van der Waals surface area contributed by atoms with E-state index >= 15 is 0 Å². The van der Waals surface area contributed by atoms with Crippen LogP contribution in [0.15, 0.2) is 77.4 Å². The second-order valence-electron chi connectivity index (χ2n) is 5.35. The topological polar surface area (TPSA) is 32.7 Å². The summed E-state index contributed by atoms with van der Waals surface area (Å²) < 4.78 is 0. The summed E-state index contributed by atoms with van der Waals surface area (Å²) in [4.78, 5) is 19.6. The van der Waals surface area contributed by atoms with Gasteiger partial charge in [0, 0.05) is 12.0 Å². The molecule has 0 saturated carbocycles. The first kappa shape index (κ1) is 16.3. The molecule has 120 valence electrons. The van der Waals surface area contributed by atoms with Crippen LogP contribution in [0.1, 0.15) is 11.1 Å². The lowest BCUT2D eigenvalue weighted by atomic mass is 10.2. The summed E-state index contributed by atoms with van der Waals surface area (Å²) in [6.07, 6.45) is 5.81. The van der Waals surface area contributed by atoms with E-state index in [4.69, 9.17) is 0 Å². The first-order valence-corrected chi connectivity index (χ1v) is 8.86.